The minimum atomic E-state index is -2.82. The summed E-state index contributed by atoms with van der Waals surface area (Å²) in [5.74, 6) is -0.0274. The van der Waals surface area contributed by atoms with Crippen LogP contribution in [0.4, 0.5) is 8.78 Å². The first-order chi connectivity index (χ1) is 14.4. The van der Waals surface area contributed by atoms with Gasteiger partial charge in [0.25, 0.3) is 6.43 Å². The van der Waals surface area contributed by atoms with Gasteiger partial charge in [-0.15, -0.1) is 0 Å². The van der Waals surface area contributed by atoms with Crippen LogP contribution in [0.15, 0.2) is 41.7 Å². The van der Waals surface area contributed by atoms with Crippen molar-refractivity contribution in [3.05, 3.63) is 53.5 Å². The summed E-state index contributed by atoms with van der Waals surface area (Å²) in [6.07, 6.45) is -0.193. The van der Waals surface area contributed by atoms with Crippen molar-refractivity contribution in [2.75, 3.05) is 33.5 Å². The predicted molar refractivity (Wildman–Crippen MR) is 104 cm³/mol. The number of hydrogen-bond acceptors (Lipinski definition) is 8. The monoisotopic (exact) mass is 420 g/mol. The normalized spacial score (nSPS) is 18.9. The number of benzene rings is 1. The van der Waals surface area contributed by atoms with E-state index >= 15 is 0 Å². The predicted octanol–water partition coefficient (Wildman–Crippen LogP) is 1.78. The largest absolute Gasteiger partial charge is 0.474 e. The first-order valence-corrected chi connectivity index (χ1v) is 9.21. The molecule has 3 rings (SSSR count). The second-order valence-corrected chi connectivity index (χ2v) is 6.70. The zero-order valence-corrected chi connectivity index (χ0v) is 16.4. The summed E-state index contributed by atoms with van der Waals surface area (Å²) in [6.45, 7) is 0.433. The van der Waals surface area contributed by atoms with Gasteiger partial charge in [-0.2, -0.15) is 0 Å². The summed E-state index contributed by atoms with van der Waals surface area (Å²) < 4.78 is 43.2. The number of ketones is 1. The quantitative estimate of drug-likeness (QED) is 0.486. The third kappa shape index (κ3) is 4.95. The lowest BCUT2D eigenvalue weighted by molar-refractivity contribution is -0.0129. The number of Topliss-reactive ketones (excluding diaryl/α,β-unsaturated/α-hetero) is 1. The molecule has 10 heteroatoms. The number of carbonyl (C=O) groups excluding carboxylic acids is 1. The molecule has 1 aromatic heterocycles. The van der Waals surface area contributed by atoms with E-state index in [1.807, 2.05) is 0 Å². The molecule has 30 heavy (non-hydrogen) atoms. The Bertz CT molecular complexity index is 908. The average Bonchev–Trinajstić information content (AvgIpc) is 2.74. The van der Waals surface area contributed by atoms with Crippen LogP contribution in [0, 0.1) is 0 Å². The molecule has 1 unspecified atom stereocenters. The average molecular weight is 420 g/mol. The first kappa shape index (κ1) is 21.7. The fourth-order valence-electron chi connectivity index (χ4n) is 3.01. The van der Waals surface area contributed by atoms with E-state index in [9.17, 15) is 13.6 Å². The van der Waals surface area contributed by atoms with E-state index in [2.05, 4.69) is 15.0 Å². The number of carbonyl (C=O) groups is 1. The second kappa shape index (κ2) is 9.68. The molecule has 2 N–H and O–H groups in total. The molecular formula is C20H22F2N4O4. The lowest BCUT2D eigenvalue weighted by Gasteiger charge is -2.33. The maximum absolute atomic E-state index is 13.9. The maximum atomic E-state index is 13.9. The lowest BCUT2D eigenvalue weighted by Crippen LogP contribution is -2.44. The fraction of sp³-hybridized carbons (Fsp3) is 0.400. The highest BCUT2D eigenvalue weighted by molar-refractivity contribution is 5.95. The van der Waals surface area contributed by atoms with Gasteiger partial charge >= 0.3 is 0 Å². The summed E-state index contributed by atoms with van der Waals surface area (Å²) in [7, 11) is 1.55. The molecule has 1 aromatic carbocycles. The number of ether oxygens (including phenoxy) is 3. The van der Waals surface area contributed by atoms with Crippen molar-refractivity contribution in [3.63, 3.8) is 0 Å². The number of methoxy groups -OCH3 is 1. The van der Waals surface area contributed by atoms with Crippen LogP contribution in [0.5, 0.6) is 5.88 Å². The van der Waals surface area contributed by atoms with E-state index in [4.69, 9.17) is 19.9 Å². The zero-order chi connectivity index (χ0) is 21.6. The topological polar surface area (TPSA) is 109 Å². The second-order valence-electron chi connectivity index (χ2n) is 6.70. The molecule has 1 atom stereocenters. The van der Waals surface area contributed by atoms with Crippen LogP contribution in [0.2, 0.25) is 0 Å². The molecule has 0 saturated carbocycles. The number of halogens is 2. The van der Waals surface area contributed by atoms with Crippen LogP contribution < -0.4 is 10.5 Å². The van der Waals surface area contributed by atoms with Crippen molar-refractivity contribution in [2.45, 2.75) is 18.4 Å². The van der Waals surface area contributed by atoms with E-state index in [1.165, 1.54) is 24.5 Å². The van der Waals surface area contributed by atoms with Crippen molar-refractivity contribution in [1.29, 1.82) is 0 Å². The van der Waals surface area contributed by atoms with Gasteiger partial charge in [-0.05, 0) is 11.1 Å². The molecule has 0 bridgehead atoms. The van der Waals surface area contributed by atoms with Gasteiger partial charge in [-0.25, -0.2) is 18.7 Å². The Labute approximate surface area is 172 Å². The SMILES string of the molecule is COCCOc1cnc(C(=O)Cc2cccc(C3(C(F)F)COCC(N)=N3)c2)cn1. The standard InChI is InChI=1S/C20H22F2N4O4/c1-28-5-6-30-18-10-24-15(9-25-18)16(27)8-13-3-2-4-14(7-13)20(19(21)22)12-29-11-17(23)26-20/h2-4,7,9-10,19H,5-6,8,11-12H2,1H3,(H2,23,26). The van der Waals surface area contributed by atoms with E-state index in [0.29, 0.717) is 18.8 Å². The smallest absolute Gasteiger partial charge is 0.269 e. The Morgan fingerprint density at radius 2 is 2.13 bits per heavy atom. The Hall–Kier alpha value is -2.98. The van der Waals surface area contributed by atoms with Crippen LogP contribution in [0.1, 0.15) is 21.6 Å². The van der Waals surface area contributed by atoms with Gasteiger partial charge in [0, 0.05) is 13.5 Å². The highest BCUT2D eigenvalue weighted by Crippen LogP contribution is 2.35. The number of aromatic nitrogens is 2. The van der Waals surface area contributed by atoms with Crippen molar-refractivity contribution in [1.82, 2.24) is 9.97 Å². The molecule has 1 aliphatic rings. The number of nitrogens with two attached hydrogens (primary N) is 1. The Morgan fingerprint density at radius 1 is 1.30 bits per heavy atom. The third-order valence-electron chi connectivity index (χ3n) is 4.52. The van der Waals surface area contributed by atoms with Crippen LogP contribution in [0.25, 0.3) is 0 Å². The van der Waals surface area contributed by atoms with Crippen LogP contribution in [-0.2, 0) is 21.4 Å². The van der Waals surface area contributed by atoms with Gasteiger partial charge in [0.15, 0.2) is 11.3 Å². The van der Waals surface area contributed by atoms with Crippen molar-refractivity contribution in [3.8, 4) is 5.88 Å². The molecular weight excluding hydrogens is 398 g/mol. The molecule has 8 nitrogen and oxygen atoms in total. The molecule has 1 aliphatic heterocycles. The number of alkyl halides is 2. The molecule has 0 fully saturated rings. The molecule has 0 radical (unpaired) electrons. The number of hydrogen-bond donors (Lipinski definition) is 1. The Kier molecular flexibility index (Phi) is 7.01. The highest BCUT2D eigenvalue weighted by Gasteiger charge is 2.44. The maximum Gasteiger partial charge on any atom is 0.269 e. The highest BCUT2D eigenvalue weighted by atomic mass is 19.3. The third-order valence-corrected chi connectivity index (χ3v) is 4.52. The van der Waals surface area contributed by atoms with Crippen LogP contribution in [-0.4, -0.2) is 61.5 Å². The van der Waals surface area contributed by atoms with Crippen LogP contribution >= 0.6 is 0 Å². The van der Waals surface area contributed by atoms with Crippen molar-refractivity contribution < 1.29 is 27.8 Å². The molecule has 0 aliphatic carbocycles. The van der Waals surface area contributed by atoms with Gasteiger partial charge in [-0.3, -0.25) is 9.79 Å². The molecule has 0 spiro atoms. The number of amidine groups is 1. The summed E-state index contributed by atoms with van der Waals surface area (Å²) in [4.78, 5) is 24.6. The van der Waals surface area contributed by atoms with Crippen LogP contribution in [0.3, 0.4) is 0 Å². The van der Waals surface area contributed by atoms with Gasteiger partial charge in [0.1, 0.15) is 24.7 Å². The van der Waals surface area contributed by atoms with E-state index in [1.54, 1.807) is 19.2 Å². The number of nitrogens with zero attached hydrogens (tertiary/aromatic N) is 3. The summed E-state index contributed by atoms with van der Waals surface area (Å²) in [5.41, 5.74) is 4.67. The van der Waals surface area contributed by atoms with E-state index < -0.39 is 12.0 Å². The van der Waals surface area contributed by atoms with Gasteiger partial charge < -0.3 is 19.9 Å². The molecule has 2 aromatic rings. The fourth-order valence-corrected chi connectivity index (χ4v) is 3.01. The van der Waals surface area contributed by atoms with Crippen molar-refractivity contribution >= 4 is 11.6 Å². The summed E-state index contributed by atoms with van der Waals surface area (Å²) in [5, 5.41) is 0. The minimum absolute atomic E-state index is 0.00566. The Morgan fingerprint density at radius 3 is 2.80 bits per heavy atom. The van der Waals surface area contributed by atoms with Gasteiger partial charge in [-0.1, -0.05) is 24.3 Å². The minimum Gasteiger partial charge on any atom is -0.474 e. The molecule has 2 heterocycles. The molecule has 160 valence electrons. The van der Waals surface area contributed by atoms with E-state index in [0.717, 1.165) is 0 Å². The number of rotatable bonds is 9. The summed E-state index contributed by atoms with van der Waals surface area (Å²) in [6, 6.07) is 6.32. The molecule has 0 amide bonds. The summed E-state index contributed by atoms with van der Waals surface area (Å²) >= 11 is 0. The van der Waals surface area contributed by atoms with Gasteiger partial charge in [0.2, 0.25) is 5.88 Å². The Balaban J connectivity index is 1.75. The van der Waals surface area contributed by atoms with Gasteiger partial charge in [0.05, 0.1) is 25.6 Å². The lowest BCUT2D eigenvalue weighted by atomic mass is 9.89. The zero-order valence-electron chi connectivity index (χ0n) is 16.4. The van der Waals surface area contributed by atoms with Crippen molar-refractivity contribution in [2.24, 2.45) is 10.7 Å². The first-order valence-electron chi connectivity index (χ1n) is 9.21. The van der Waals surface area contributed by atoms with E-state index in [-0.39, 0.29) is 48.4 Å². The molecule has 0 saturated heterocycles. The number of aliphatic imine (C=N–C) groups is 1.